The van der Waals surface area contributed by atoms with Gasteiger partial charge in [-0.1, -0.05) is 35.8 Å². The van der Waals surface area contributed by atoms with Gasteiger partial charge in [0.25, 0.3) is 0 Å². The largest absolute Gasteiger partial charge is 0.0894 e. The van der Waals surface area contributed by atoms with Gasteiger partial charge in [-0.25, -0.2) is 0 Å². The number of hydrogen-bond donors (Lipinski definition) is 0. The van der Waals surface area contributed by atoms with Crippen molar-refractivity contribution in [3.05, 3.63) is 46.0 Å². The fourth-order valence-corrected chi connectivity index (χ4v) is 2.49. The van der Waals surface area contributed by atoms with Gasteiger partial charge >= 0.3 is 0 Å². The molecule has 0 saturated carbocycles. The number of hydrogen-bond acceptors (Lipinski definition) is 0. The predicted molar refractivity (Wildman–Crippen MR) is 72.9 cm³/mol. The first-order chi connectivity index (χ1) is 7.58. The molecule has 0 nitrogen and oxygen atoms in total. The molecule has 2 rings (SSSR count). The van der Waals surface area contributed by atoms with Gasteiger partial charge in [-0.2, -0.15) is 0 Å². The Morgan fingerprint density at radius 1 is 1.25 bits per heavy atom. The number of benzene rings is 1. The lowest BCUT2D eigenvalue weighted by molar-refractivity contribution is 0.911. The van der Waals surface area contributed by atoms with E-state index >= 15 is 0 Å². The van der Waals surface area contributed by atoms with E-state index in [1.165, 1.54) is 17.5 Å². The molecule has 2 heteroatoms. The lowest BCUT2D eigenvalue weighted by Crippen LogP contribution is -1.90. The Kier molecular flexibility index (Phi) is 3.41. The van der Waals surface area contributed by atoms with Crippen LogP contribution in [0.4, 0.5) is 0 Å². The molecule has 0 unspecified atom stereocenters. The van der Waals surface area contributed by atoms with Gasteiger partial charge in [-0.3, -0.25) is 0 Å². The number of fused-ring (bicyclic) bond motifs is 1. The van der Waals surface area contributed by atoms with E-state index in [0.29, 0.717) is 5.03 Å². The summed E-state index contributed by atoms with van der Waals surface area (Å²) in [7, 11) is 0. The summed E-state index contributed by atoms with van der Waals surface area (Å²) in [6.07, 6.45) is 5.49. The lowest BCUT2D eigenvalue weighted by atomic mass is 9.99. The van der Waals surface area contributed by atoms with E-state index < -0.39 is 0 Å². The van der Waals surface area contributed by atoms with Gasteiger partial charge < -0.3 is 0 Å². The third-order valence-electron chi connectivity index (χ3n) is 2.91. The molecule has 0 aromatic heterocycles. The first kappa shape index (κ1) is 11.8. The van der Waals surface area contributed by atoms with Gasteiger partial charge in [-0.15, -0.1) is 0 Å². The van der Waals surface area contributed by atoms with Crippen LogP contribution in [-0.4, -0.2) is 0 Å². The van der Waals surface area contributed by atoms with Crippen LogP contribution in [0, 0.1) is 0 Å². The highest BCUT2D eigenvalue weighted by atomic mass is 35.5. The molecular formula is C14H14Cl2. The summed E-state index contributed by atoms with van der Waals surface area (Å²) < 4.78 is 0. The van der Waals surface area contributed by atoms with E-state index in [1.807, 2.05) is 13.0 Å². The second-order valence-corrected chi connectivity index (χ2v) is 5.25. The molecule has 0 N–H and O–H groups in total. The Morgan fingerprint density at radius 2 is 1.88 bits per heavy atom. The molecule has 16 heavy (non-hydrogen) atoms. The minimum absolute atomic E-state index is 0.582. The quantitative estimate of drug-likeness (QED) is 0.696. The van der Waals surface area contributed by atoms with Crippen molar-refractivity contribution in [3.8, 4) is 0 Å². The zero-order valence-corrected chi connectivity index (χ0v) is 10.8. The monoisotopic (exact) mass is 252 g/mol. The molecule has 0 radical (unpaired) electrons. The molecule has 84 valence electrons. The highest BCUT2D eigenvalue weighted by Gasteiger charge is 2.14. The van der Waals surface area contributed by atoms with Crippen molar-refractivity contribution >= 4 is 34.3 Å². The fourth-order valence-electron chi connectivity index (χ4n) is 2.21. The maximum atomic E-state index is 6.03. The minimum Gasteiger partial charge on any atom is -0.0894 e. The van der Waals surface area contributed by atoms with E-state index in [-0.39, 0.29) is 0 Å². The van der Waals surface area contributed by atoms with Gasteiger partial charge in [0.05, 0.1) is 0 Å². The minimum atomic E-state index is 0.582. The molecule has 1 aromatic rings. The van der Waals surface area contributed by atoms with E-state index in [9.17, 15) is 0 Å². The Labute approximate surface area is 107 Å². The van der Waals surface area contributed by atoms with Crippen LogP contribution in [0.3, 0.4) is 0 Å². The Bertz CT molecular complexity index is 466. The Hall–Kier alpha value is -0.720. The molecule has 1 aliphatic rings. The van der Waals surface area contributed by atoms with Gasteiger partial charge in [0, 0.05) is 15.6 Å². The smallest absolute Gasteiger partial charge is 0.0412 e. The van der Waals surface area contributed by atoms with Crippen LogP contribution in [0.1, 0.15) is 35.6 Å². The Morgan fingerprint density at radius 3 is 2.44 bits per heavy atom. The molecule has 0 fully saturated rings. The maximum Gasteiger partial charge on any atom is 0.0412 e. The van der Waals surface area contributed by atoms with Crippen LogP contribution < -0.4 is 0 Å². The summed E-state index contributed by atoms with van der Waals surface area (Å²) in [6, 6.07) is 4.35. The molecule has 1 aromatic carbocycles. The van der Waals surface area contributed by atoms with E-state index in [0.717, 1.165) is 29.0 Å². The summed E-state index contributed by atoms with van der Waals surface area (Å²) in [6.45, 7) is 5.68. The van der Waals surface area contributed by atoms with Crippen molar-refractivity contribution in [2.75, 3.05) is 0 Å². The van der Waals surface area contributed by atoms with Gasteiger partial charge in [0.15, 0.2) is 0 Å². The molecule has 0 spiro atoms. The normalized spacial score (nSPS) is 15.1. The summed E-state index contributed by atoms with van der Waals surface area (Å²) in [5, 5.41) is 1.34. The van der Waals surface area contributed by atoms with Crippen molar-refractivity contribution in [3.63, 3.8) is 0 Å². The van der Waals surface area contributed by atoms with Crippen LogP contribution in [0.25, 0.3) is 11.1 Å². The van der Waals surface area contributed by atoms with Crippen molar-refractivity contribution < 1.29 is 0 Å². The highest BCUT2D eigenvalue weighted by Crippen LogP contribution is 2.31. The second-order valence-electron chi connectivity index (χ2n) is 4.20. The SMILES string of the molecule is C=C(Cl)c1cc2c(cc1/C=C(\C)Cl)CCC2. The first-order valence-electron chi connectivity index (χ1n) is 5.42. The Balaban J connectivity index is 2.57. The number of allylic oxidation sites excluding steroid dienone is 1. The van der Waals surface area contributed by atoms with Crippen LogP contribution >= 0.6 is 23.2 Å². The third kappa shape index (κ3) is 2.34. The summed E-state index contributed by atoms with van der Waals surface area (Å²) >= 11 is 12.0. The van der Waals surface area contributed by atoms with E-state index in [2.05, 4.69) is 18.7 Å². The van der Waals surface area contributed by atoms with Crippen LogP contribution in [0.5, 0.6) is 0 Å². The number of rotatable bonds is 2. The summed E-state index contributed by atoms with van der Waals surface area (Å²) in [5.41, 5.74) is 4.91. The molecule has 0 amide bonds. The average Bonchev–Trinajstić information content (AvgIpc) is 2.62. The number of aryl methyl sites for hydroxylation is 2. The molecular weight excluding hydrogens is 239 g/mol. The zero-order chi connectivity index (χ0) is 11.7. The molecule has 0 atom stereocenters. The van der Waals surface area contributed by atoms with Crippen LogP contribution in [-0.2, 0) is 12.8 Å². The van der Waals surface area contributed by atoms with E-state index in [1.54, 1.807) is 0 Å². The molecule has 0 aliphatic heterocycles. The lowest BCUT2D eigenvalue weighted by Gasteiger charge is -2.09. The first-order valence-corrected chi connectivity index (χ1v) is 6.18. The topological polar surface area (TPSA) is 0 Å². The zero-order valence-electron chi connectivity index (χ0n) is 9.32. The number of halogens is 2. The van der Waals surface area contributed by atoms with Gasteiger partial charge in [0.2, 0.25) is 0 Å². The third-order valence-corrected chi connectivity index (χ3v) is 3.22. The average molecular weight is 253 g/mol. The van der Waals surface area contributed by atoms with E-state index in [4.69, 9.17) is 23.2 Å². The molecule has 0 heterocycles. The highest BCUT2D eigenvalue weighted by molar-refractivity contribution is 6.48. The van der Waals surface area contributed by atoms with Crippen molar-refractivity contribution in [1.29, 1.82) is 0 Å². The predicted octanol–water partition coefficient (Wildman–Crippen LogP) is 4.98. The van der Waals surface area contributed by atoms with Crippen molar-refractivity contribution in [2.45, 2.75) is 26.2 Å². The maximum absolute atomic E-state index is 6.03. The summed E-state index contributed by atoms with van der Waals surface area (Å²) in [5.74, 6) is 0. The fraction of sp³-hybridized carbons (Fsp3) is 0.286. The standard InChI is InChI=1S/C14H14Cl2/c1-9(15)6-13-7-11-4-3-5-12(11)8-14(13)10(2)16/h6-8H,2-5H2,1H3/b9-6+. The van der Waals surface area contributed by atoms with Gasteiger partial charge in [0.1, 0.15) is 0 Å². The summed E-state index contributed by atoms with van der Waals surface area (Å²) in [4.78, 5) is 0. The van der Waals surface area contributed by atoms with Crippen molar-refractivity contribution in [2.24, 2.45) is 0 Å². The molecule has 1 aliphatic carbocycles. The second kappa shape index (κ2) is 4.65. The van der Waals surface area contributed by atoms with Gasteiger partial charge in [-0.05, 0) is 55.0 Å². The van der Waals surface area contributed by atoms with Crippen molar-refractivity contribution in [1.82, 2.24) is 0 Å². The van der Waals surface area contributed by atoms with Crippen LogP contribution in [0.15, 0.2) is 23.7 Å². The van der Waals surface area contributed by atoms with Crippen LogP contribution in [0.2, 0.25) is 0 Å². The molecule has 0 bridgehead atoms. The molecule has 0 saturated heterocycles.